The molecule has 0 unspecified atom stereocenters. The van der Waals surface area contributed by atoms with Gasteiger partial charge in [0.1, 0.15) is 36.8 Å². The van der Waals surface area contributed by atoms with E-state index in [0.717, 1.165) is 69.6 Å². The fourth-order valence-electron chi connectivity index (χ4n) is 7.51. The molecule has 6 rings (SSSR count). The number of carbonyl (C=O) groups excluding carboxylic acids is 1. The fraction of sp³-hybridized carbons (Fsp3) is 0.356. The normalized spacial score (nSPS) is 17.7. The molecule has 4 aromatic rings. The molecule has 2 atom stereocenters. The van der Waals surface area contributed by atoms with E-state index in [2.05, 4.69) is 33.0 Å². The molecular weight excluding hydrogens is 788 g/mol. The Hall–Kier alpha value is -5.36. The Labute approximate surface area is 354 Å². The molecule has 12 nitrogen and oxygen atoms in total. The molecule has 3 N–H and O–H groups in total. The summed E-state index contributed by atoms with van der Waals surface area (Å²) < 4.78 is 12.7. The van der Waals surface area contributed by atoms with Crippen LogP contribution in [0, 0.1) is 25.2 Å². The Morgan fingerprint density at radius 3 is 2.58 bits per heavy atom. The number of hydrogen-bond donors (Lipinski definition) is 3. The number of piperidine rings is 1. The van der Waals surface area contributed by atoms with E-state index in [4.69, 9.17) is 21.1 Å². The summed E-state index contributed by atoms with van der Waals surface area (Å²) in [6.07, 6.45) is 7.56. The zero-order valence-corrected chi connectivity index (χ0v) is 35.1. The van der Waals surface area contributed by atoms with Crippen LogP contribution in [0.15, 0.2) is 83.1 Å². The third-order valence-corrected chi connectivity index (χ3v) is 12.0. The minimum absolute atomic E-state index is 0.155. The van der Waals surface area contributed by atoms with E-state index >= 15 is 0 Å². The number of nitriles is 1. The monoisotopic (exact) mass is 836 g/mol. The van der Waals surface area contributed by atoms with Crippen LogP contribution in [0.25, 0.3) is 11.1 Å². The topological polar surface area (TPSA) is 161 Å². The second-order valence-corrected chi connectivity index (χ2v) is 16.5. The van der Waals surface area contributed by atoms with Crippen LogP contribution in [-0.2, 0) is 24.5 Å². The highest BCUT2D eigenvalue weighted by atomic mass is 35.5. The zero-order valence-electron chi connectivity index (χ0n) is 33.5. The minimum atomic E-state index is -0.853. The Morgan fingerprint density at radius 1 is 1.07 bits per heavy atom. The van der Waals surface area contributed by atoms with Crippen molar-refractivity contribution in [1.82, 2.24) is 14.8 Å². The van der Waals surface area contributed by atoms with Crippen LogP contribution in [-0.4, -0.2) is 82.0 Å². The van der Waals surface area contributed by atoms with Gasteiger partial charge in [-0.15, -0.1) is 11.3 Å². The number of aromatic nitrogens is 1. The number of halogens is 1. The number of nitrogens with zero attached hydrogens (tertiary/aromatic N) is 5. The van der Waals surface area contributed by atoms with E-state index in [-0.39, 0.29) is 25.2 Å². The Bertz CT molecular complexity index is 2300. The number of carboxylic acid groups (broad SMARTS) is 1. The molecular formula is C45H49ClN6O6S. The molecule has 2 saturated heterocycles. The number of hydrogen-bond acceptors (Lipinski definition) is 11. The Balaban J connectivity index is 1.19. The van der Waals surface area contributed by atoms with Crippen LogP contribution < -0.4 is 14.8 Å². The van der Waals surface area contributed by atoms with Gasteiger partial charge >= 0.3 is 5.97 Å². The number of aliphatic imine (C=N–C) groups is 1. The van der Waals surface area contributed by atoms with Crippen molar-refractivity contribution < 1.29 is 29.3 Å². The number of likely N-dealkylation sites (tertiary alicyclic amines) is 2. The van der Waals surface area contributed by atoms with Gasteiger partial charge < -0.3 is 25.0 Å². The summed E-state index contributed by atoms with van der Waals surface area (Å²) >= 11 is 8.23. The van der Waals surface area contributed by atoms with E-state index in [9.17, 15) is 25.1 Å². The predicted molar refractivity (Wildman–Crippen MR) is 231 cm³/mol. The van der Waals surface area contributed by atoms with Gasteiger partial charge in [-0.05, 0) is 105 Å². The first kappa shape index (κ1) is 43.2. The lowest BCUT2D eigenvalue weighted by Gasteiger charge is -2.33. The lowest BCUT2D eigenvalue weighted by Crippen LogP contribution is -2.44. The third-order valence-electron chi connectivity index (χ3n) is 10.7. The standard InChI is InChI=1S/C45H49ClN6O6S/c1-28(17-31(20-47)21-48-4)26-57-41-19-42(38(46)18-33(41)23-52-15-6-5-13-40(52)45(55)56)58-27-32-9-7-10-36(29(32)2)37-11-8-12-39(30(37)3)50-43(54)44-49-22-35(59-44)25-51-16-14-34(53)24-51/h7-12,17-19,21-22,34,40,53H,4-6,13-16,23-27H2,1-3H3,(H,50,54)(H,55,56)/b28-17+,31-21+/t34-,40+/m1/s1. The van der Waals surface area contributed by atoms with Crippen molar-refractivity contribution in [1.29, 1.82) is 5.26 Å². The van der Waals surface area contributed by atoms with Crippen LogP contribution >= 0.6 is 22.9 Å². The third kappa shape index (κ3) is 11.0. The highest BCUT2D eigenvalue weighted by Crippen LogP contribution is 2.37. The number of aliphatic hydroxyl groups is 1. The molecule has 1 aromatic heterocycles. The number of rotatable bonds is 16. The van der Waals surface area contributed by atoms with Gasteiger partial charge in [-0.25, -0.2) is 4.98 Å². The van der Waals surface area contributed by atoms with Crippen LogP contribution in [0.2, 0.25) is 5.02 Å². The first-order chi connectivity index (χ1) is 28.4. The number of nitrogens with one attached hydrogen (secondary N) is 1. The predicted octanol–water partition coefficient (Wildman–Crippen LogP) is 8.35. The van der Waals surface area contributed by atoms with Crippen LogP contribution in [0.3, 0.4) is 0 Å². The maximum Gasteiger partial charge on any atom is 0.320 e. The molecule has 14 heteroatoms. The minimum Gasteiger partial charge on any atom is -0.489 e. The zero-order chi connectivity index (χ0) is 42.1. The molecule has 0 aliphatic carbocycles. The lowest BCUT2D eigenvalue weighted by atomic mass is 9.93. The maximum atomic E-state index is 13.3. The molecule has 308 valence electrons. The highest BCUT2D eigenvalue weighted by molar-refractivity contribution is 7.13. The van der Waals surface area contributed by atoms with Crippen molar-refractivity contribution in [3.05, 3.63) is 115 Å². The smallest absolute Gasteiger partial charge is 0.320 e. The van der Waals surface area contributed by atoms with Gasteiger partial charge in [0.2, 0.25) is 0 Å². The fourth-order valence-corrected chi connectivity index (χ4v) is 8.60. The van der Waals surface area contributed by atoms with Gasteiger partial charge in [0, 0.05) is 60.8 Å². The summed E-state index contributed by atoms with van der Waals surface area (Å²) in [5.74, 6) is -0.223. The summed E-state index contributed by atoms with van der Waals surface area (Å²) in [6.45, 7) is 12.7. The van der Waals surface area contributed by atoms with Crippen molar-refractivity contribution in [2.75, 3.05) is 31.6 Å². The van der Waals surface area contributed by atoms with E-state index < -0.39 is 12.0 Å². The number of anilines is 1. The number of aliphatic carboxylic acids is 1. The highest BCUT2D eigenvalue weighted by Gasteiger charge is 2.29. The van der Waals surface area contributed by atoms with E-state index in [1.807, 2.05) is 62.1 Å². The maximum absolute atomic E-state index is 13.3. The summed E-state index contributed by atoms with van der Waals surface area (Å²) in [5, 5.41) is 33.1. The van der Waals surface area contributed by atoms with Gasteiger partial charge in [-0.1, -0.05) is 48.4 Å². The van der Waals surface area contributed by atoms with Gasteiger partial charge in [0.15, 0.2) is 5.01 Å². The van der Waals surface area contributed by atoms with Gasteiger partial charge in [-0.3, -0.25) is 24.4 Å². The number of β-amino-alcohol motifs (C(OH)–C–C–N with tert-alkyl or cyclic N) is 1. The molecule has 2 aliphatic heterocycles. The van der Waals surface area contributed by atoms with Crippen LogP contribution in [0.4, 0.5) is 5.69 Å². The Morgan fingerprint density at radius 2 is 1.85 bits per heavy atom. The van der Waals surface area contributed by atoms with Crippen molar-refractivity contribution >= 4 is 47.2 Å². The van der Waals surface area contributed by atoms with Crippen molar-refractivity contribution in [3.8, 4) is 28.7 Å². The average Bonchev–Trinajstić information content (AvgIpc) is 3.87. The molecule has 0 spiro atoms. The summed E-state index contributed by atoms with van der Waals surface area (Å²) in [4.78, 5) is 38.6. The van der Waals surface area contributed by atoms with Gasteiger partial charge in [0.05, 0.1) is 16.7 Å². The molecule has 3 heterocycles. The summed E-state index contributed by atoms with van der Waals surface area (Å²) in [5.41, 5.74) is 7.32. The Kier molecular flexibility index (Phi) is 14.7. The summed E-state index contributed by atoms with van der Waals surface area (Å²) in [7, 11) is 0. The average molecular weight is 837 g/mol. The molecule has 2 fully saturated rings. The molecule has 2 aliphatic rings. The molecule has 1 amide bonds. The van der Waals surface area contributed by atoms with Gasteiger partial charge in [0.25, 0.3) is 5.91 Å². The molecule has 59 heavy (non-hydrogen) atoms. The van der Waals surface area contributed by atoms with Crippen molar-refractivity contribution in [3.63, 3.8) is 0 Å². The number of ether oxygens (including phenoxy) is 2. The number of allylic oxidation sites excluding steroid dienone is 2. The number of thiazole rings is 1. The number of aliphatic hydroxyl groups excluding tert-OH is 1. The second-order valence-electron chi connectivity index (χ2n) is 15.0. The van der Waals surface area contributed by atoms with E-state index in [1.54, 1.807) is 24.4 Å². The van der Waals surface area contributed by atoms with E-state index in [0.29, 0.717) is 65.4 Å². The van der Waals surface area contributed by atoms with E-state index in [1.165, 1.54) is 17.5 Å². The quantitative estimate of drug-likeness (QED) is 0.0569. The second kappa shape index (κ2) is 20.1. The number of carbonyl (C=O) groups is 2. The molecule has 0 saturated carbocycles. The molecule has 0 radical (unpaired) electrons. The molecule has 3 aromatic carbocycles. The number of carboxylic acids is 1. The molecule has 0 bridgehead atoms. The SMILES string of the molecule is C=N/C=C(C#N)\C=C(/C)COc1cc(OCc2cccc(-c3cccc(NC(=O)c4ncc(CN5CC[C@@H](O)C5)s4)c3C)c2C)c(Cl)cc1CN1CCCC[C@H]1C(=O)O. The van der Waals surface area contributed by atoms with Crippen LogP contribution in [0.5, 0.6) is 11.5 Å². The van der Waals surface area contributed by atoms with Crippen molar-refractivity contribution in [2.24, 2.45) is 4.99 Å². The summed E-state index contributed by atoms with van der Waals surface area (Å²) in [6, 6.07) is 16.8. The number of amides is 1. The van der Waals surface area contributed by atoms with Gasteiger partial charge in [-0.2, -0.15) is 5.26 Å². The lowest BCUT2D eigenvalue weighted by molar-refractivity contribution is -0.144. The number of benzene rings is 3. The van der Waals surface area contributed by atoms with Crippen molar-refractivity contribution in [2.45, 2.75) is 78.3 Å². The largest absolute Gasteiger partial charge is 0.489 e. The first-order valence-electron chi connectivity index (χ1n) is 19.6. The first-order valence-corrected chi connectivity index (χ1v) is 20.8. The van der Waals surface area contributed by atoms with Crippen LogP contribution in [0.1, 0.15) is 69.5 Å².